The summed E-state index contributed by atoms with van der Waals surface area (Å²) in [7, 11) is 0. The molecule has 0 aliphatic carbocycles. The molecule has 1 aromatic carbocycles. The molecule has 1 unspecified atom stereocenters. The van der Waals surface area contributed by atoms with Gasteiger partial charge in [0.1, 0.15) is 5.75 Å². The van der Waals surface area contributed by atoms with Gasteiger partial charge in [0.05, 0.1) is 18.9 Å². The van der Waals surface area contributed by atoms with Gasteiger partial charge in [-0.3, -0.25) is 9.80 Å². The van der Waals surface area contributed by atoms with Crippen molar-refractivity contribution in [1.82, 2.24) is 9.80 Å². The molecule has 1 saturated heterocycles. The number of rotatable bonds is 7. The summed E-state index contributed by atoms with van der Waals surface area (Å²) in [5.41, 5.74) is 8.02. The Morgan fingerprint density at radius 2 is 2.00 bits per heavy atom. The van der Waals surface area contributed by atoms with Gasteiger partial charge in [-0.25, -0.2) is 0 Å². The first-order chi connectivity index (χ1) is 10.6. The molecular formula is C17H29N3O2. The predicted molar refractivity (Wildman–Crippen MR) is 90.3 cm³/mol. The molecule has 1 aliphatic heterocycles. The summed E-state index contributed by atoms with van der Waals surface area (Å²) in [5.74, 6) is 0.775. The number of aliphatic hydroxyl groups is 1. The van der Waals surface area contributed by atoms with Crippen molar-refractivity contribution in [2.24, 2.45) is 0 Å². The average molecular weight is 307 g/mol. The zero-order valence-corrected chi connectivity index (χ0v) is 13.8. The number of ether oxygens (including phenoxy) is 1. The second kappa shape index (κ2) is 8.36. The van der Waals surface area contributed by atoms with Crippen LogP contribution < -0.4 is 10.5 Å². The molecule has 1 atom stereocenters. The van der Waals surface area contributed by atoms with Crippen LogP contribution in [0.3, 0.4) is 0 Å². The number of β-amino-alcohol motifs (C(OH)–C–C–N with tert-alkyl or cyclic N) is 1. The molecule has 0 spiro atoms. The van der Waals surface area contributed by atoms with Crippen molar-refractivity contribution in [3.8, 4) is 5.75 Å². The maximum Gasteiger partial charge on any atom is 0.142 e. The maximum atomic E-state index is 9.00. The van der Waals surface area contributed by atoms with Crippen LogP contribution in [0.5, 0.6) is 5.75 Å². The van der Waals surface area contributed by atoms with E-state index in [2.05, 4.69) is 22.8 Å². The molecule has 1 heterocycles. The summed E-state index contributed by atoms with van der Waals surface area (Å²) in [5, 5.41) is 9.00. The SMILES string of the molecule is CCOc1ccc(CC(C)N2CCN(CCO)CC2)cc1N. The third kappa shape index (κ3) is 4.60. The minimum absolute atomic E-state index is 0.251. The first-order valence-electron chi connectivity index (χ1n) is 8.22. The summed E-state index contributed by atoms with van der Waals surface area (Å²) < 4.78 is 5.49. The first kappa shape index (κ1) is 17.1. The Balaban J connectivity index is 1.87. The minimum Gasteiger partial charge on any atom is -0.492 e. The number of benzene rings is 1. The molecule has 5 heteroatoms. The number of piperazine rings is 1. The molecule has 2 rings (SSSR count). The second-order valence-corrected chi connectivity index (χ2v) is 5.96. The highest BCUT2D eigenvalue weighted by Crippen LogP contribution is 2.23. The molecule has 22 heavy (non-hydrogen) atoms. The number of nitrogens with two attached hydrogens (primary N) is 1. The van der Waals surface area contributed by atoms with Gasteiger partial charge < -0.3 is 15.6 Å². The van der Waals surface area contributed by atoms with E-state index in [1.165, 1.54) is 5.56 Å². The zero-order chi connectivity index (χ0) is 15.9. The summed E-state index contributed by atoms with van der Waals surface area (Å²) in [4.78, 5) is 4.83. The van der Waals surface area contributed by atoms with Crippen molar-refractivity contribution >= 4 is 5.69 Å². The van der Waals surface area contributed by atoms with Crippen molar-refractivity contribution in [2.75, 3.05) is 51.7 Å². The molecule has 3 N–H and O–H groups in total. The third-order valence-electron chi connectivity index (χ3n) is 4.35. The van der Waals surface area contributed by atoms with Gasteiger partial charge in [-0.2, -0.15) is 0 Å². The standard InChI is InChI=1S/C17H29N3O2/c1-3-22-17-5-4-15(13-16(17)18)12-14(2)20-8-6-19(7-9-20)10-11-21/h4-5,13-14,21H,3,6-12,18H2,1-2H3. The van der Waals surface area contributed by atoms with Gasteiger partial charge in [-0.05, 0) is 38.0 Å². The van der Waals surface area contributed by atoms with Crippen LogP contribution in [0, 0.1) is 0 Å². The monoisotopic (exact) mass is 307 g/mol. The van der Waals surface area contributed by atoms with Crippen LogP contribution in [0.4, 0.5) is 5.69 Å². The van der Waals surface area contributed by atoms with Crippen LogP contribution in [-0.2, 0) is 6.42 Å². The molecule has 1 fully saturated rings. The van der Waals surface area contributed by atoms with E-state index in [4.69, 9.17) is 15.6 Å². The van der Waals surface area contributed by atoms with Gasteiger partial charge in [-0.1, -0.05) is 6.07 Å². The molecule has 0 radical (unpaired) electrons. The molecular weight excluding hydrogens is 278 g/mol. The van der Waals surface area contributed by atoms with Crippen LogP contribution in [0.15, 0.2) is 18.2 Å². The topological polar surface area (TPSA) is 62.0 Å². The van der Waals surface area contributed by atoms with E-state index in [1.807, 2.05) is 19.1 Å². The van der Waals surface area contributed by atoms with Gasteiger partial charge >= 0.3 is 0 Å². The highest BCUT2D eigenvalue weighted by Gasteiger charge is 2.21. The molecule has 0 amide bonds. The van der Waals surface area contributed by atoms with Gasteiger partial charge in [0, 0.05) is 38.8 Å². The normalized spacial score (nSPS) is 18.3. The highest BCUT2D eigenvalue weighted by atomic mass is 16.5. The second-order valence-electron chi connectivity index (χ2n) is 5.96. The summed E-state index contributed by atoms with van der Waals surface area (Å²) >= 11 is 0. The summed E-state index contributed by atoms with van der Waals surface area (Å²) in [6, 6.07) is 6.61. The van der Waals surface area contributed by atoms with Crippen molar-refractivity contribution in [1.29, 1.82) is 0 Å². The van der Waals surface area contributed by atoms with Crippen molar-refractivity contribution < 1.29 is 9.84 Å². The quantitative estimate of drug-likeness (QED) is 0.742. The first-order valence-corrected chi connectivity index (χ1v) is 8.22. The number of hydrogen-bond donors (Lipinski definition) is 2. The Morgan fingerprint density at radius 3 is 2.59 bits per heavy atom. The maximum absolute atomic E-state index is 9.00. The van der Waals surface area contributed by atoms with E-state index in [1.54, 1.807) is 0 Å². The van der Waals surface area contributed by atoms with Crippen molar-refractivity contribution in [2.45, 2.75) is 26.3 Å². The molecule has 1 aliphatic rings. The van der Waals surface area contributed by atoms with E-state index in [0.717, 1.165) is 50.6 Å². The van der Waals surface area contributed by atoms with Gasteiger partial charge in [0.15, 0.2) is 0 Å². The van der Waals surface area contributed by atoms with Crippen LogP contribution in [0.25, 0.3) is 0 Å². The molecule has 124 valence electrons. The largest absolute Gasteiger partial charge is 0.492 e. The molecule has 1 aromatic rings. The number of nitrogens with zero attached hydrogens (tertiary/aromatic N) is 2. The Kier molecular flexibility index (Phi) is 6.49. The smallest absolute Gasteiger partial charge is 0.142 e. The van der Waals surface area contributed by atoms with Gasteiger partial charge in [-0.15, -0.1) is 0 Å². The van der Waals surface area contributed by atoms with E-state index < -0.39 is 0 Å². The fraction of sp³-hybridized carbons (Fsp3) is 0.647. The Hall–Kier alpha value is -1.30. The number of hydrogen-bond acceptors (Lipinski definition) is 5. The lowest BCUT2D eigenvalue weighted by Gasteiger charge is -2.38. The lowest BCUT2D eigenvalue weighted by Crippen LogP contribution is -2.50. The van der Waals surface area contributed by atoms with Gasteiger partial charge in [0.2, 0.25) is 0 Å². The van der Waals surface area contributed by atoms with Crippen molar-refractivity contribution in [3.05, 3.63) is 23.8 Å². The molecule has 0 bridgehead atoms. The van der Waals surface area contributed by atoms with Gasteiger partial charge in [0.25, 0.3) is 0 Å². The number of nitrogen functional groups attached to an aromatic ring is 1. The van der Waals surface area contributed by atoms with E-state index >= 15 is 0 Å². The van der Waals surface area contributed by atoms with Crippen LogP contribution in [0.1, 0.15) is 19.4 Å². The fourth-order valence-electron chi connectivity index (χ4n) is 3.05. The minimum atomic E-state index is 0.251. The Labute approximate surface area is 133 Å². The lowest BCUT2D eigenvalue weighted by molar-refractivity contribution is 0.0888. The highest BCUT2D eigenvalue weighted by molar-refractivity contribution is 5.54. The van der Waals surface area contributed by atoms with E-state index in [9.17, 15) is 0 Å². The average Bonchev–Trinajstić information content (AvgIpc) is 2.51. The van der Waals surface area contributed by atoms with Crippen LogP contribution >= 0.6 is 0 Å². The predicted octanol–water partition coefficient (Wildman–Crippen LogP) is 1.21. The lowest BCUT2D eigenvalue weighted by atomic mass is 10.0. The number of anilines is 1. The third-order valence-corrected chi connectivity index (χ3v) is 4.35. The molecule has 0 aromatic heterocycles. The Bertz CT molecular complexity index is 459. The molecule has 0 saturated carbocycles. The zero-order valence-electron chi connectivity index (χ0n) is 13.8. The summed E-state index contributed by atoms with van der Waals surface area (Å²) in [6.45, 7) is 10.1. The van der Waals surface area contributed by atoms with Crippen LogP contribution in [-0.4, -0.2) is 66.9 Å². The fourth-order valence-corrected chi connectivity index (χ4v) is 3.05. The molecule has 5 nitrogen and oxygen atoms in total. The van der Waals surface area contributed by atoms with E-state index in [0.29, 0.717) is 12.6 Å². The van der Waals surface area contributed by atoms with Crippen LogP contribution in [0.2, 0.25) is 0 Å². The Morgan fingerprint density at radius 1 is 1.27 bits per heavy atom. The number of aliphatic hydroxyl groups excluding tert-OH is 1. The van der Waals surface area contributed by atoms with Crippen molar-refractivity contribution in [3.63, 3.8) is 0 Å². The van der Waals surface area contributed by atoms with E-state index in [-0.39, 0.29) is 6.61 Å². The summed E-state index contributed by atoms with van der Waals surface area (Å²) in [6.07, 6.45) is 0.997.